The molecular weight excluding hydrogens is 273 g/mol. The van der Waals surface area contributed by atoms with Crippen molar-refractivity contribution in [1.29, 1.82) is 0 Å². The maximum Gasteiger partial charge on any atom is 0.109 e. The summed E-state index contributed by atoms with van der Waals surface area (Å²) in [7, 11) is 5.83. The van der Waals surface area contributed by atoms with E-state index >= 15 is 0 Å². The van der Waals surface area contributed by atoms with Crippen molar-refractivity contribution < 1.29 is 0 Å². The normalized spacial score (nSPS) is 29.2. The van der Waals surface area contributed by atoms with Gasteiger partial charge in [-0.2, -0.15) is 0 Å². The molecule has 0 saturated heterocycles. The highest BCUT2D eigenvalue weighted by molar-refractivity contribution is 7.03. The highest BCUT2D eigenvalue weighted by Gasteiger charge is 2.54. The lowest BCUT2D eigenvalue weighted by Crippen LogP contribution is -2.30. The second-order valence-electron chi connectivity index (χ2n) is 9.71. The molecule has 3 rings (SSSR count). The second-order valence-corrected chi connectivity index (χ2v) is 9.71. The Morgan fingerprint density at radius 1 is 0.609 bits per heavy atom. The predicted molar refractivity (Wildman–Crippen MR) is 110 cm³/mol. The molecule has 0 spiro atoms. The molecular formula is C20H39B3. The molecule has 128 valence electrons. The van der Waals surface area contributed by atoms with Gasteiger partial charge in [0.2, 0.25) is 0 Å². The molecule has 0 radical (unpaired) electrons. The Balaban J connectivity index is 1.52. The van der Waals surface area contributed by atoms with Crippen LogP contribution in [-0.2, 0) is 0 Å². The monoisotopic (exact) mass is 312 g/mol. The highest BCUT2D eigenvalue weighted by Crippen LogP contribution is 2.71. The van der Waals surface area contributed by atoms with Crippen molar-refractivity contribution in [2.45, 2.75) is 126 Å². The lowest BCUT2D eigenvalue weighted by atomic mass is 9.22. The van der Waals surface area contributed by atoms with Gasteiger partial charge in [-0.15, -0.1) is 0 Å². The first kappa shape index (κ1) is 18.0. The predicted octanol–water partition coefficient (Wildman–Crippen LogP) is 5.19. The van der Waals surface area contributed by atoms with Gasteiger partial charge in [-0.05, 0) is 0 Å². The maximum atomic E-state index is 2.69. The van der Waals surface area contributed by atoms with Crippen molar-refractivity contribution in [3.63, 3.8) is 0 Å². The Morgan fingerprint density at radius 3 is 1.61 bits per heavy atom. The molecule has 0 aromatic rings. The van der Waals surface area contributed by atoms with E-state index in [1.165, 1.54) is 83.5 Å². The third-order valence-corrected chi connectivity index (χ3v) is 8.10. The van der Waals surface area contributed by atoms with Crippen molar-refractivity contribution in [2.75, 3.05) is 0 Å². The molecule has 23 heavy (non-hydrogen) atoms. The van der Waals surface area contributed by atoms with Gasteiger partial charge in [0.15, 0.2) is 0 Å². The summed E-state index contributed by atoms with van der Waals surface area (Å²) >= 11 is 0. The quantitative estimate of drug-likeness (QED) is 0.627. The standard InChI is InChI=1S/C20H39B3/c21-19(14-10-6-3-7-11-15-19)20(16-17-20)23-22-18-12-8-4-1-2-5-9-13-18/h18,22-23H,1-17,21H2. The van der Waals surface area contributed by atoms with E-state index in [1.807, 2.05) is 0 Å². The fourth-order valence-corrected chi connectivity index (χ4v) is 6.01. The van der Waals surface area contributed by atoms with Crippen molar-refractivity contribution >= 4 is 22.2 Å². The second kappa shape index (κ2) is 8.53. The Bertz CT molecular complexity index is 333. The van der Waals surface area contributed by atoms with E-state index in [0.29, 0.717) is 5.31 Å². The Hall–Kier alpha value is 0.195. The zero-order valence-corrected chi connectivity index (χ0v) is 16.0. The number of rotatable bonds is 4. The Labute approximate surface area is 148 Å². The van der Waals surface area contributed by atoms with Crippen LogP contribution in [0.4, 0.5) is 0 Å². The van der Waals surface area contributed by atoms with Crippen LogP contribution in [0.2, 0.25) is 16.4 Å². The van der Waals surface area contributed by atoms with Crippen LogP contribution in [0.15, 0.2) is 0 Å². The van der Waals surface area contributed by atoms with Crippen LogP contribution in [0.1, 0.15) is 109 Å². The van der Waals surface area contributed by atoms with Gasteiger partial charge in [-0.25, -0.2) is 0 Å². The topological polar surface area (TPSA) is 0 Å². The Morgan fingerprint density at radius 2 is 1.09 bits per heavy atom. The lowest BCUT2D eigenvalue weighted by Gasteiger charge is -2.41. The van der Waals surface area contributed by atoms with Gasteiger partial charge in [0.1, 0.15) is 7.85 Å². The van der Waals surface area contributed by atoms with Gasteiger partial charge in [-0.3, -0.25) is 0 Å². The van der Waals surface area contributed by atoms with Gasteiger partial charge in [0.25, 0.3) is 0 Å². The van der Waals surface area contributed by atoms with E-state index in [2.05, 4.69) is 7.85 Å². The highest BCUT2D eigenvalue weighted by atomic mass is 14.5. The van der Waals surface area contributed by atoms with Crippen LogP contribution >= 0.6 is 0 Å². The van der Waals surface area contributed by atoms with Crippen LogP contribution in [0, 0.1) is 0 Å². The smallest absolute Gasteiger partial charge is 0.0733 e. The van der Waals surface area contributed by atoms with Crippen LogP contribution in [0.25, 0.3) is 0 Å². The van der Waals surface area contributed by atoms with E-state index in [1.54, 1.807) is 40.0 Å². The first-order chi connectivity index (χ1) is 11.2. The van der Waals surface area contributed by atoms with Gasteiger partial charge >= 0.3 is 0 Å². The van der Waals surface area contributed by atoms with E-state index < -0.39 is 0 Å². The molecule has 0 aliphatic heterocycles. The molecule has 0 atom stereocenters. The molecule has 0 N–H and O–H groups in total. The molecule has 0 unspecified atom stereocenters. The van der Waals surface area contributed by atoms with E-state index in [9.17, 15) is 0 Å². The fourth-order valence-electron chi connectivity index (χ4n) is 6.01. The molecule has 3 aliphatic carbocycles. The van der Waals surface area contributed by atoms with Crippen LogP contribution in [0.5, 0.6) is 0 Å². The van der Waals surface area contributed by atoms with E-state index in [-0.39, 0.29) is 0 Å². The van der Waals surface area contributed by atoms with Crippen LogP contribution in [-0.4, -0.2) is 22.2 Å². The summed E-state index contributed by atoms with van der Waals surface area (Å²) in [4.78, 5) is 0. The third-order valence-electron chi connectivity index (χ3n) is 8.10. The van der Waals surface area contributed by atoms with Crippen molar-refractivity contribution in [3.05, 3.63) is 0 Å². The van der Waals surface area contributed by atoms with Crippen LogP contribution < -0.4 is 0 Å². The van der Waals surface area contributed by atoms with Gasteiger partial charge in [0.05, 0.1) is 14.3 Å². The zero-order chi connectivity index (χ0) is 16.0. The summed E-state index contributed by atoms with van der Waals surface area (Å²) in [6.07, 6.45) is 25.9. The largest absolute Gasteiger partial charge is 0.109 e. The summed E-state index contributed by atoms with van der Waals surface area (Å²) < 4.78 is 0. The summed E-state index contributed by atoms with van der Waals surface area (Å²) in [5.74, 6) is 1.07. The molecule has 3 saturated carbocycles. The fraction of sp³-hybridized carbons (Fsp3) is 1.00. The summed E-state index contributed by atoms with van der Waals surface area (Å²) in [6, 6.07) is 0. The summed E-state index contributed by atoms with van der Waals surface area (Å²) in [5.41, 5.74) is 0. The molecule has 0 nitrogen and oxygen atoms in total. The summed E-state index contributed by atoms with van der Waals surface area (Å²) in [6.45, 7) is 0. The van der Waals surface area contributed by atoms with E-state index in [0.717, 1.165) is 11.1 Å². The third kappa shape index (κ3) is 4.85. The average molecular weight is 312 g/mol. The molecule has 3 aliphatic rings. The molecule has 0 aromatic heterocycles. The summed E-state index contributed by atoms with van der Waals surface area (Å²) in [5, 5.41) is 1.48. The first-order valence-electron chi connectivity index (χ1n) is 11.2. The molecule has 0 bridgehead atoms. The first-order valence-corrected chi connectivity index (χ1v) is 11.2. The van der Waals surface area contributed by atoms with Gasteiger partial charge in [0, 0.05) is 0 Å². The van der Waals surface area contributed by atoms with Gasteiger partial charge < -0.3 is 0 Å². The molecule has 3 heteroatoms. The minimum atomic E-state index is 0.700. The average Bonchev–Trinajstić information content (AvgIpc) is 3.29. The van der Waals surface area contributed by atoms with Crippen molar-refractivity contribution in [1.82, 2.24) is 0 Å². The lowest BCUT2D eigenvalue weighted by molar-refractivity contribution is 0.371. The molecule has 3 fully saturated rings. The minimum absolute atomic E-state index is 0.700. The zero-order valence-electron chi connectivity index (χ0n) is 16.0. The Kier molecular flexibility index (Phi) is 6.67. The minimum Gasteiger partial charge on any atom is -0.0733 e. The van der Waals surface area contributed by atoms with Crippen molar-refractivity contribution in [2.24, 2.45) is 0 Å². The van der Waals surface area contributed by atoms with Crippen LogP contribution in [0.3, 0.4) is 0 Å². The number of hydrogen-bond donors (Lipinski definition) is 0. The van der Waals surface area contributed by atoms with E-state index in [4.69, 9.17) is 0 Å². The number of hydrogen-bond acceptors (Lipinski definition) is 0. The SMILES string of the molecule is BC1(C2(BBC3CCCCCCCC3)CC2)CCCCCCC1. The maximum absolute atomic E-state index is 2.69. The van der Waals surface area contributed by atoms with Crippen molar-refractivity contribution in [3.8, 4) is 0 Å². The molecule has 0 heterocycles. The van der Waals surface area contributed by atoms with Gasteiger partial charge in [-0.1, -0.05) is 126 Å². The molecule has 0 aromatic carbocycles. The molecule has 0 amide bonds.